The Kier molecular flexibility index (Phi) is 5.70. The first-order valence-electron chi connectivity index (χ1n) is 13.6. The average Bonchev–Trinajstić information content (AvgIpc) is 3.51. The molecule has 41 heavy (non-hydrogen) atoms. The van der Waals surface area contributed by atoms with Gasteiger partial charge in [-0.3, -0.25) is 0 Å². The van der Waals surface area contributed by atoms with E-state index in [0.717, 1.165) is 33.1 Å². The lowest BCUT2D eigenvalue weighted by molar-refractivity contribution is 0.174. The number of nitrogens with zero attached hydrogens (tertiary/aromatic N) is 2. The maximum atomic E-state index is 14.7. The van der Waals surface area contributed by atoms with Gasteiger partial charge >= 0.3 is 6.09 Å². The molecule has 6 nitrogen and oxygen atoms in total. The van der Waals surface area contributed by atoms with Gasteiger partial charge in [0, 0.05) is 27.9 Å². The van der Waals surface area contributed by atoms with Crippen molar-refractivity contribution in [3.8, 4) is 17.1 Å². The quantitative estimate of drug-likeness (QED) is 0.221. The second-order valence-electron chi connectivity index (χ2n) is 10.6. The molecule has 0 bridgehead atoms. The molecule has 6 aromatic rings. The Morgan fingerprint density at radius 2 is 1.32 bits per heavy atom. The molecular formula is C34H28N2O4S. The van der Waals surface area contributed by atoms with Crippen molar-refractivity contribution in [2.75, 3.05) is 7.11 Å². The molecule has 0 N–H and O–H groups in total. The van der Waals surface area contributed by atoms with Crippen molar-refractivity contribution in [1.29, 1.82) is 0 Å². The van der Waals surface area contributed by atoms with E-state index in [1.54, 1.807) is 16.7 Å². The van der Waals surface area contributed by atoms with Crippen molar-refractivity contribution in [3.05, 3.63) is 120 Å². The third kappa shape index (κ3) is 3.55. The lowest BCUT2D eigenvalue weighted by Gasteiger charge is -2.31. The van der Waals surface area contributed by atoms with Crippen molar-refractivity contribution in [1.82, 2.24) is 9.13 Å². The maximum Gasteiger partial charge on any atom is 0.418 e. The minimum atomic E-state index is -3.87. The number of sulfone groups is 1. The van der Waals surface area contributed by atoms with Crippen molar-refractivity contribution >= 4 is 37.7 Å². The lowest BCUT2D eigenvalue weighted by Crippen LogP contribution is -2.25. The fraction of sp³-hybridized carbons (Fsp3) is 0.147. The van der Waals surface area contributed by atoms with Crippen LogP contribution in [-0.2, 0) is 14.6 Å². The molecule has 0 spiro atoms. The van der Waals surface area contributed by atoms with E-state index in [-0.39, 0.29) is 4.90 Å². The summed E-state index contributed by atoms with van der Waals surface area (Å²) in [5, 5.41) is 0.783. The van der Waals surface area contributed by atoms with E-state index in [1.807, 2.05) is 105 Å². The van der Waals surface area contributed by atoms with Crippen LogP contribution in [0.4, 0.5) is 4.79 Å². The molecular weight excluding hydrogens is 532 g/mol. The lowest BCUT2D eigenvalue weighted by atomic mass is 9.83. The van der Waals surface area contributed by atoms with Gasteiger partial charge < -0.3 is 9.30 Å². The summed E-state index contributed by atoms with van der Waals surface area (Å²) in [6.07, 6.45) is -0.523. The molecule has 2 unspecified atom stereocenters. The van der Waals surface area contributed by atoms with E-state index in [1.165, 1.54) is 7.11 Å². The van der Waals surface area contributed by atoms with Crippen LogP contribution in [0.25, 0.3) is 38.9 Å². The molecule has 7 heteroatoms. The number of fused-ring (bicyclic) bond motifs is 7. The summed E-state index contributed by atoms with van der Waals surface area (Å²) in [5.74, 6) is -0.463. The first kappa shape index (κ1) is 25.4. The minimum Gasteiger partial charge on any atom is -0.452 e. The van der Waals surface area contributed by atoms with Crippen LogP contribution in [0, 0.1) is 6.92 Å². The summed E-state index contributed by atoms with van der Waals surface area (Å²) in [5.41, 5.74) is 6.28. The molecule has 1 aliphatic rings. The Morgan fingerprint density at radius 1 is 0.732 bits per heavy atom. The molecule has 0 saturated carbocycles. The van der Waals surface area contributed by atoms with Gasteiger partial charge in [-0.15, -0.1) is 0 Å². The molecule has 0 aliphatic heterocycles. The van der Waals surface area contributed by atoms with Crippen LogP contribution in [0.5, 0.6) is 0 Å². The van der Waals surface area contributed by atoms with Crippen LogP contribution in [0.15, 0.2) is 108 Å². The van der Waals surface area contributed by atoms with Gasteiger partial charge in [-0.1, -0.05) is 79.2 Å². The molecule has 2 heterocycles. The number of carbonyl (C=O) groups excluding carboxylic acids is 1. The predicted molar refractivity (Wildman–Crippen MR) is 162 cm³/mol. The Bertz CT molecular complexity index is 2090. The summed E-state index contributed by atoms with van der Waals surface area (Å²) in [4.78, 5) is 13.8. The van der Waals surface area contributed by atoms with Gasteiger partial charge in [-0.2, -0.15) is 0 Å². The monoisotopic (exact) mass is 560 g/mol. The highest BCUT2D eigenvalue weighted by Crippen LogP contribution is 2.57. The summed E-state index contributed by atoms with van der Waals surface area (Å²) >= 11 is 0. The second kappa shape index (κ2) is 9.21. The van der Waals surface area contributed by atoms with Crippen LogP contribution < -0.4 is 0 Å². The topological polar surface area (TPSA) is 70.3 Å². The molecule has 2 atom stereocenters. The number of rotatable bonds is 3. The number of methoxy groups -OCH3 is 1. The van der Waals surface area contributed by atoms with Gasteiger partial charge in [0.2, 0.25) is 0 Å². The first-order chi connectivity index (χ1) is 19.8. The average molecular weight is 561 g/mol. The summed E-state index contributed by atoms with van der Waals surface area (Å²) in [7, 11) is -2.50. The van der Waals surface area contributed by atoms with Crippen molar-refractivity contribution in [3.63, 3.8) is 0 Å². The van der Waals surface area contributed by atoms with E-state index in [0.29, 0.717) is 22.5 Å². The SMILES string of the molecule is COC(=O)n1c2c(c3ccccc31)C(C)C(S(=O)(=O)c1ccc(C)cc1)c1c-2n(-c2ccccc2)c2ccccc12. The van der Waals surface area contributed by atoms with Crippen molar-refractivity contribution in [2.24, 2.45) is 0 Å². The summed E-state index contributed by atoms with van der Waals surface area (Å²) < 4.78 is 38.4. The second-order valence-corrected chi connectivity index (χ2v) is 12.7. The molecule has 4 aromatic carbocycles. The molecule has 0 fully saturated rings. The fourth-order valence-electron chi connectivity index (χ4n) is 6.57. The zero-order chi connectivity index (χ0) is 28.5. The molecule has 7 rings (SSSR count). The molecule has 204 valence electrons. The van der Waals surface area contributed by atoms with Crippen LogP contribution >= 0.6 is 0 Å². The van der Waals surface area contributed by atoms with Crippen molar-refractivity contribution < 1.29 is 17.9 Å². The number of aromatic nitrogens is 2. The van der Waals surface area contributed by atoms with Crippen LogP contribution in [0.1, 0.15) is 34.8 Å². The van der Waals surface area contributed by atoms with Gasteiger partial charge in [0.25, 0.3) is 0 Å². The normalized spacial score (nSPS) is 16.5. The largest absolute Gasteiger partial charge is 0.452 e. The highest BCUT2D eigenvalue weighted by molar-refractivity contribution is 7.91. The Labute approximate surface area is 238 Å². The number of ether oxygens (including phenoxy) is 1. The van der Waals surface area contributed by atoms with Gasteiger partial charge in [0.15, 0.2) is 9.84 Å². The number of benzene rings is 4. The number of aryl methyl sites for hydroxylation is 1. The van der Waals surface area contributed by atoms with Gasteiger partial charge in [-0.25, -0.2) is 17.8 Å². The standard InChI is InChI=1S/C34H28N2O4S/c1-21-17-19-24(20-18-21)41(38,39)33-22(2)29-25-13-7-10-16-28(25)36(34(37)40-3)31(29)32-30(33)26-14-8-9-15-27(26)35(32)23-11-5-4-6-12-23/h4-20,22,33H,1-3H3. The maximum absolute atomic E-state index is 14.7. The molecule has 0 amide bonds. The molecule has 0 radical (unpaired) electrons. The van der Waals surface area contributed by atoms with E-state index >= 15 is 0 Å². The zero-order valence-corrected chi connectivity index (χ0v) is 23.7. The summed E-state index contributed by atoms with van der Waals surface area (Å²) in [6, 6.07) is 32.4. The molecule has 1 aliphatic carbocycles. The van der Waals surface area contributed by atoms with Gasteiger partial charge in [0.1, 0.15) is 5.25 Å². The smallest absolute Gasteiger partial charge is 0.418 e. The Balaban J connectivity index is 1.70. The van der Waals surface area contributed by atoms with Gasteiger partial charge in [-0.05, 0) is 48.9 Å². The Morgan fingerprint density at radius 3 is 1.98 bits per heavy atom. The van der Waals surface area contributed by atoms with E-state index in [9.17, 15) is 13.2 Å². The Hall–Kier alpha value is -4.62. The first-order valence-corrected chi connectivity index (χ1v) is 15.1. The number of hydrogen-bond acceptors (Lipinski definition) is 4. The third-order valence-electron chi connectivity index (χ3n) is 8.30. The minimum absolute atomic E-state index is 0.280. The predicted octanol–water partition coefficient (Wildman–Crippen LogP) is 7.81. The van der Waals surface area contributed by atoms with Crippen LogP contribution in [0.2, 0.25) is 0 Å². The fourth-order valence-corrected chi connectivity index (χ4v) is 8.60. The number of para-hydroxylation sites is 3. The van der Waals surface area contributed by atoms with Gasteiger partial charge in [0.05, 0.1) is 34.4 Å². The highest BCUT2D eigenvalue weighted by Gasteiger charge is 2.47. The molecule has 2 aromatic heterocycles. The van der Waals surface area contributed by atoms with E-state index in [4.69, 9.17) is 4.74 Å². The van der Waals surface area contributed by atoms with E-state index in [2.05, 4.69) is 4.57 Å². The zero-order valence-electron chi connectivity index (χ0n) is 22.9. The molecule has 0 saturated heterocycles. The van der Waals surface area contributed by atoms with Crippen molar-refractivity contribution in [2.45, 2.75) is 29.9 Å². The van der Waals surface area contributed by atoms with Crippen LogP contribution in [-0.4, -0.2) is 30.8 Å². The van der Waals surface area contributed by atoms with E-state index < -0.39 is 27.1 Å². The third-order valence-corrected chi connectivity index (χ3v) is 10.5. The number of hydrogen-bond donors (Lipinski definition) is 0. The highest BCUT2D eigenvalue weighted by atomic mass is 32.2. The number of carbonyl (C=O) groups is 1. The summed E-state index contributed by atoms with van der Waals surface area (Å²) in [6.45, 7) is 3.90. The van der Waals surface area contributed by atoms with Crippen LogP contribution in [0.3, 0.4) is 0 Å².